The molecule has 0 amide bonds. The highest BCUT2D eigenvalue weighted by Gasteiger charge is 2.19. The molecular weight excluding hydrogens is 745 g/mol. The van der Waals surface area contributed by atoms with E-state index in [0.29, 0.717) is 19.3 Å². The Hall–Kier alpha value is -2.37. The molecule has 6 nitrogen and oxygen atoms in total. The molecule has 0 aromatic rings. The quantitative estimate of drug-likeness (QED) is 0.0200. The van der Waals surface area contributed by atoms with Gasteiger partial charge in [0.25, 0.3) is 0 Å². The fourth-order valence-corrected chi connectivity index (χ4v) is 7.41. The Kier molecular flexibility index (Phi) is 47.3. The minimum atomic E-state index is -0.771. The van der Waals surface area contributed by atoms with Gasteiger partial charge in [0, 0.05) is 19.3 Å². The van der Waals surface area contributed by atoms with E-state index in [2.05, 4.69) is 57.2 Å². The van der Waals surface area contributed by atoms with E-state index in [-0.39, 0.29) is 31.1 Å². The van der Waals surface area contributed by atoms with Crippen LogP contribution in [0.1, 0.15) is 271 Å². The third-order valence-corrected chi connectivity index (χ3v) is 11.4. The lowest BCUT2D eigenvalue weighted by atomic mass is 10.0. The van der Waals surface area contributed by atoms with Gasteiger partial charge in [0.15, 0.2) is 6.10 Å². The summed E-state index contributed by atoms with van der Waals surface area (Å²) in [5.74, 6) is -0.878. The number of hydrogen-bond donors (Lipinski definition) is 0. The van der Waals surface area contributed by atoms with Crippen LogP contribution in [0.3, 0.4) is 0 Å². The number of unbranched alkanes of at least 4 members (excludes halogenated alkanes) is 31. The van der Waals surface area contributed by atoms with Crippen LogP contribution in [0, 0.1) is 0 Å². The predicted octanol–water partition coefficient (Wildman–Crippen LogP) is 16.9. The molecule has 0 radical (unpaired) electrons. The third kappa shape index (κ3) is 46.7. The maximum Gasteiger partial charge on any atom is 0.306 e. The van der Waals surface area contributed by atoms with E-state index >= 15 is 0 Å². The molecular formula is C54H98O6. The van der Waals surface area contributed by atoms with Gasteiger partial charge in [-0.2, -0.15) is 0 Å². The highest BCUT2D eigenvalue weighted by atomic mass is 16.6. The Morgan fingerprint density at radius 1 is 0.333 bits per heavy atom. The number of carbonyl (C=O) groups is 3. The van der Waals surface area contributed by atoms with Crippen molar-refractivity contribution in [3.63, 3.8) is 0 Å². The first-order valence-corrected chi connectivity index (χ1v) is 26.0. The van der Waals surface area contributed by atoms with Crippen LogP contribution in [0.15, 0.2) is 36.5 Å². The summed E-state index contributed by atoms with van der Waals surface area (Å²) in [6.45, 7) is 6.58. The van der Waals surface area contributed by atoms with Crippen molar-refractivity contribution in [2.75, 3.05) is 13.2 Å². The van der Waals surface area contributed by atoms with Gasteiger partial charge in [-0.05, 0) is 64.2 Å². The summed E-state index contributed by atoms with van der Waals surface area (Å²) in [6.07, 6.45) is 57.0. The molecule has 0 fully saturated rings. The number of rotatable bonds is 47. The van der Waals surface area contributed by atoms with Crippen molar-refractivity contribution in [1.29, 1.82) is 0 Å². The Morgan fingerprint density at radius 2 is 0.617 bits per heavy atom. The molecule has 60 heavy (non-hydrogen) atoms. The van der Waals surface area contributed by atoms with Crippen LogP contribution in [0.25, 0.3) is 0 Å². The molecule has 350 valence electrons. The summed E-state index contributed by atoms with van der Waals surface area (Å²) in [6, 6.07) is 0. The number of carbonyl (C=O) groups excluding carboxylic acids is 3. The molecule has 0 aromatic heterocycles. The second-order valence-electron chi connectivity index (χ2n) is 17.5. The summed E-state index contributed by atoms with van der Waals surface area (Å²) < 4.78 is 16.8. The Morgan fingerprint density at radius 3 is 1.02 bits per heavy atom. The lowest BCUT2D eigenvalue weighted by Gasteiger charge is -2.18. The molecule has 1 atom stereocenters. The van der Waals surface area contributed by atoms with Gasteiger partial charge in [-0.3, -0.25) is 14.4 Å². The molecule has 1 unspecified atom stereocenters. The van der Waals surface area contributed by atoms with Crippen molar-refractivity contribution in [2.45, 2.75) is 277 Å². The van der Waals surface area contributed by atoms with Gasteiger partial charge in [0.1, 0.15) is 13.2 Å². The zero-order valence-corrected chi connectivity index (χ0v) is 40.0. The van der Waals surface area contributed by atoms with Crippen LogP contribution in [0.4, 0.5) is 0 Å². The highest BCUT2D eigenvalue weighted by Crippen LogP contribution is 2.15. The molecule has 0 saturated heterocycles. The fourth-order valence-electron chi connectivity index (χ4n) is 7.41. The number of allylic oxidation sites excluding steroid dienone is 6. The van der Waals surface area contributed by atoms with Gasteiger partial charge in [0.05, 0.1) is 0 Å². The molecule has 0 N–H and O–H groups in total. The Labute approximate surface area is 372 Å². The molecule has 0 spiro atoms. The maximum absolute atomic E-state index is 12.8. The van der Waals surface area contributed by atoms with Crippen LogP contribution in [-0.4, -0.2) is 37.2 Å². The normalized spacial score (nSPS) is 12.2. The second kappa shape index (κ2) is 49.3. The van der Waals surface area contributed by atoms with Gasteiger partial charge in [-0.25, -0.2) is 0 Å². The molecule has 6 heteroatoms. The van der Waals surface area contributed by atoms with Gasteiger partial charge in [0.2, 0.25) is 0 Å². The average Bonchev–Trinajstić information content (AvgIpc) is 3.24. The molecule has 0 aromatic carbocycles. The molecule has 0 aliphatic carbocycles. The summed E-state index contributed by atoms with van der Waals surface area (Å²) in [4.78, 5) is 37.9. The zero-order chi connectivity index (χ0) is 43.7. The average molecular weight is 843 g/mol. The Balaban J connectivity index is 4.30. The lowest BCUT2D eigenvalue weighted by Crippen LogP contribution is -2.30. The summed E-state index contributed by atoms with van der Waals surface area (Å²) in [7, 11) is 0. The lowest BCUT2D eigenvalue weighted by molar-refractivity contribution is -0.167. The van der Waals surface area contributed by atoms with Gasteiger partial charge >= 0.3 is 17.9 Å². The van der Waals surface area contributed by atoms with E-state index < -0.39 is 6.10 Å². The van der Waals surface area contributed by atoms with E-state index in [9.17, 15) is 14.4 Å². The molecule has 0 heterocycles. The molecule has 0 aliphatic heterocycles. The van der Waals surface area contributed by atoms with Crippen molar-refractivity contribution in [3.8, 4) is 0 Å². The molecule has 0 saturated carbocycles. The second-order valence-corrected chi connectivity index (χ2v) is 17.5. The van der Waals surface area contributed by atoms with Crippen molar-refractivity contribution in [3.05, 3.63) is 36.5 Å². The van der Waals surface area contributed by atoms with E-state index in [1.165, 1.54) is 167 Å². The van der Waals surface area contributed by atoms with Crippen molar-refractivity contribution in [2.24, 2.45) is 0 Å². The smallest absolute Gasteiger partial charge is 0.306 e. The van der Waals surface area contributed by atoms with Gasteiger partial charge in [-0.1, -0.05) is 224 Å². The standard InChI is InChI=1S/C54H98O6/c1-4-7-10-13-16-19-22-24-25-26-27-28-29-30-33-35-38-41-44-47-53(56)59-50-51(49-58-52(55)46-43-40-37-34-31-21-18-15-12-9-6-3)60-54(57)48-45-42-39-36-32-23-20-17-14-11-8-5-2/h15-16,18-19,22,24,51H,4-14,17,20-21,23,25-50H2,1-3H3/b18-15-,19-16-,24-22-. The zero-order valence-electron chi connectivity index (χ0n) is 40.0. The highest BCUT2D eigenvalue weighted by molar-refractivity contribution is 5.71. The largest absolute Gasteiger partial charge is 0.462 e. The Bertz CT molecular complexity index is 1020. The minimum Gasteiger partial charge on any atom is -0.462 e. The first-order chi connectivity index (χ1) is 29.5. The SMILES string of the molecule is CCCC/C=C\CCCCCCCC(=O)OCC(COC(=O)CCCCCCCCCCCC/C=C\C=C/CCCCC)OC(=O)CCCCCCCCCCCCCC. The van der Waals surface area contributed by atoms with Crippen LogP contribution in [-0.2, 0) is 28.6 Å². The number of esters is 3. The predicted molar refractivity (Wildman–Crippen MR) is 256 cm³/mol. The summed E-state index contributed by atoms with van der Waals surface area (Å²) in [5, 5.41) is 0. The number of hydrogen-bond acceptors (Lipinski definition) is 6. The first-order valence-electron chi connectivity index (χ1n) is 26.0. The molecule has 0 aliphatic rings. The van der Waals surface area contributed by atoms with E-state index in [1.54, 1.807) is 0 Å². The fraction of sp³-hybridized carbons (Fsp3) is 0.833. The third-order valence-electron chi connectivity index (χ3n) is 11.4. The maximum atomic E-state index is 12.8. The minimum absolute atomic E-state index is 0.0738. The summed E-state index contributed by atoms with van der Waals surface area (Å²) in [5.41, 5.74) is 0. The molecule has 0 rings (SSSR count). The molecule has 0 bridgehead atoms. The summed E-state index contributed by atoms with van der Waals surface area (Å²) >= 11 is 0. The van der Waals surface area contributed by atoms with Crippen LogP contribution in [0.2, 0.25) is 0 Å². The van der Waals surface area contributed by atoms with Crippen molar-refractivity contribution in [1.82, 2.24) is 0 Å². The number of ether oxygens (including phenoxy) is 3. The van der Waals surface area contributed by atoms with Crippen LogP contribution >= 0.6 is 0 Å². The topological polar surface area (TPSA) is 78.9 Å². The monoisotopic (exact) mass is 843 g/mol. The van der Waals surface area contributed by atoms with Crippen molar-refractivity contribution >= 4 is 17.9 Å². The van der Waals surface area contributed by atoms with E-state index in [0.717, 1.165) is 64.2 Å². The van der Waals surface area contributed by atoms with Crippen molar-refractivity contribution < 1.29 is 28.6 Å². The van der Waals surface area contributed by atoms with E-state index in [4.69, 9.17) is 14.2 Å². The van der Waals surface area contributed by atoms with Gasteiger partial charge in [-0.15, -0.1) is 0 Å². The first kappa shape index (κ1) is 57.6. The van der Waals surface area contributed by atoms with Gasteiger partial charge < -0.3 is 14.2 Å². The van der Waals surface area contributed by atoms with E-state index in [1.807, 2.05) is 0 Å². The van der Waals surface area contributed by atoms with Crippen LogP contribution in [0.5, 0.6) is 0 Å². The van der Waals surface area contributed by atoms with Crippen LogP contribution < -0.4 is 0 Å².